The van der Waals surface area contributed by atoms with Crippen molar-refractivity contribution in [2.45, 2.75) is 136 Å². The number of aliphatic carboxylic acids is 2. The van der Waals surface area contributed by atoms with Gasteiger partial charge in [0.05, 0.1) is 23.5 Å². The number of hydrogen-bond donors (Lipinski definition) is 5. The fourth-order valence-corrected chi connectivity index (χ4v) is 11.9. The van der Waals surface area contributed by atoms with Gasteiger partial charge in [-0.05, 0) is 111 Å². The lowest BCUT2D eigenvalue weighted by atomic mass is 9.33. The van der Waals surface area contributed by atoms with Crippen molar-refractivity contribution in [2.75, 3.05) is 6.61 Å². The van der Waals surface area contributed by atoms with Crippen molar-refractivity contribution in [3.05, 3.63) is 11.6 Å². The number of aliphatic hydroxyl groups excluding tert-OH is 3. The lowest BCUT2D eigenvalue weighted by molar-refractivity contribution is -0.308. The molecule has 0 spiro atoms. The Bertz CT molecular complexity index is 1230. The van der Waals surface area contributed by atoms with E-state index in [1.54, 1.807) is 6.92 Å². The van der Waals surface area contributed by atoms with E-state index in [1.807, 2.05) is 0 Å². The topological polar surface area (TPSA) is 154 Å². The molecule has 1 aliphatic heterocycles. The molecule has 6 rings (SSSR count). The smallest absolute Gasteiger partial charge is 0.310 e. The fourth-order valence-electron chi connectivity index (χ4n) is 11.9. The predicted molar refractivity (Wildman–Crippen MR) is 161 cm³/mol. The Kier molecular flexibility index (Phi) is 7.54. The van der Waals surface area contributed by atoms with Crippen LogP contribution < -0.4 is 0 Å². The largest absolute Gasteiger partial charge is 0.481 e. The van der Waals surface area contributed by atoms with Gasteiger partial charge in [-0.1, -0.05) is 46.3 Å². The molecule has 0 unspecified atom stereocenters. The lowest BCUT2D eigenvalue weighted by Gasteiger charge is -2.71. The molecule has 6 aliphatic rings. The van der Waals surface area contributed by atoms with Crippen LogP contribution in [0.5, 0.6) is 0 Å². The standard InChI is InChI=1S/C35H54O9/c1-30(2)22-9-12-34(6)23(32(22,4)11-10-24(30)44-27-26(38)25(37)21(36)18-43-27)8-7-19-20-17-31(3,28(39)40)13-15-35(20,29(41)42)16-14-33(19,34)5/h7,20-27,36-38H,8-18H2,1-6H3,(H,39,40)(H,41,42)/t20-,21-,22-,23+,24-,25-,26+,27-,31+,32-,33+,34+,35-/m0/s1. The van der Waals surface area contributed by atoms with Gasteiger partial charge in [0, 0.05) is 0 Å². The highest BCUT2D eigenvalue weighted by molar-refractivity contribution is 5.79. The lowest BCUT2D eigenvalue weighted by Crippen LogP contribution is -2.65. The third-order valence-corrected chi connectivity index (χ3v) is 15.0. The molecule has 1 saturated heterocycles. The summed E-state index contributed by atoms with van der Waals surface area (Å²) in [5.41, 5.74) is -1.10. The number of aliphatic hydroxyl groups is 3. The van der Waals surface area contributed by atoms with Crippen LogP contribution in [0.25, 0.3) is 0 Å². The van der Waals surface area contributed by atoms with Crippen molar-refractivity contribution in [3.63, 3.8) is 0 Å². The Morgan fingerprint density at radius 2 is 1.52 bits per heavy atom. The Morgan fingerprint density at radius 1 is 0.841 bits per heavy atom. The van der Waals surface area contributed by atoms with Crippen LogP contribution in [0.4, 0.5) is 0 Å². The van der Waals surface area contributed by atoms with Crippen molar-refractivity contribution >= 4 is 11.9 Å². The number of hydrogen-bond acceptors (Lipinski definition) is 7. The van der Waals surface area contributed by atoms with Crippen LogP contribution >= 0.6 is 0 Å². The number of ether oxygens (including phenoxy) is 2. The zero-order valence-corrected chi connectivity index (χ0v) is 27.3. The first kappa shape index (κ1) is 32.4. The molecule has 0 aromatic rings. The first-order valence-corrected chi connectivity index (χ1v) is 16.9. The zero-order valence-electron chi connectivity index (χ0n) is 27.3. The summed E-state index contributed by atoms with van der Waals surface area (Å²) in [5.74, 6) is -1.14. The van der Waals surface area contributed by atoms with Crippen LogP contribution in [0.3, 0.4) is 0 Å². The summed E-state index contributed by atoms with van der Waals surface area (Å²) in [6.07, 6.45) is 4.59. The number of carboxylic acids is 2. The summed E-state index contributed by atoms with van der Waals surface area (Å²) < 4.78 is 12.0. The first-order chi connectivity index (χ1) is 20.4. The van der Waals surface area contributed by atoms with Gasteiger partial charge in [-0.25, -0.2) is 0 Å². The molecular weight excluding hydrogens is 564 g/mol. The molecule has 9 nitrogen and oxygen atoms in total. The second kappa shape index (κ2) is 10.2. The van der Waals surface area contributed by atoms with E-state index >= 15 is 0 Å². The van der Waals surface area contributed by atoms with Gasteiger partial charge in [0.2, 0.25) is 0 Å². The molecule has 44 heavy (non-hydrogen) atoms. The van der Waals surface area contributed by atoms with Crippen molar-refractivity contribution in [3.8, 4) is 0 Å². The van der Waals surface area contributed by atoms with Gasteiger partial charge in [0.25, 0.3) is 0 Å². The average Bonchev–Trinajstić information content (AvgIpc) is 2.94. The molecule has 0 bridgehead atoms. The summed E-state index contributed by atoms with van der Waals surface area (Å²) in [5, 5.41) is 51.5. The van der Waals surface area contributed by atoms with Crippen LogP contribution in [-0.2, 0) is 19.1 Å². The quantitative estimate of drug-likeness (QED) is 0.222. The van der Waals surface area contributed by atoms with Crippen LogP contribution in [0, 0.1) is 50.2 Å². The van der Waals surface area contributed by atoms with Gasteiger partial charge in [-0.2, -0.15) is 0 Å². The highest BCUT2D eigenvalue weighted by Gasteiger charge is 2.70. The fraction of sp³-hybridized carbons (Fsp3) is 0.886. The number of carboxylic acid groups (broad SMARTS) is 2. The zero-order chi connectivity index (χ0) is 32.3. The van der Waals surface area contributed by atoms with E-state index < -0.39 is 47.4 Å². The summed E-state index contributed by atoms with van der Waals surface area (Å²) in [7, 11) is 0. The number of allylic oxidation sites excluding steroid dienone is 2. The van der Waals surface area contributed by atoms with E-state index in [4.69, 9.17) is 9.47 Å². The minimum Gasteiger partial charge on any atom is -0.481 e. The molecule has 13 atom stereocenters. The maximum atomic E-state index is 12.9. The molecule has 4 saturated carbocycles. The minimum atomic E-state index is -1.31. The molecule has 0 aromatic carbocycles. The molecule has 1 heterocycles. The van der Waals surface area contributed by atoms with E-state index in [0.717, 1.165) is 38.5 Å². The highest BCUT2D eigenvalue weighted by Crippen LogP contribution is 2.76. The second-order valence-electron chi connectivity index (χ2n) is 17.1. The van der Waals surface area contributed by atoms with Gasteiger partial charge in [0.1, 0.15) is 18.3 Å². The molecule has 9 heteroatoms. The summed E-state index contributed by atoms with van der Waals surface area (Å²) in [4.78, 5) is 25.3. The van der Waals surface area contributed by atoms with Crippen molar-refractivity contribution in [1.29, 1.82) is 0 Å². The minimum absolute atomic E-state index is 0.00657. The third kappa shape index (κ3) is 4.21. The molecule has 5 fully saturated rings. The Labute approximate surface area is 261 Å². The molecule has 0 aromatic heterocycles. The van der Waals surface area contributed by atoms with E-state index in [-0.39, 0.29) is 40.3 Å². The van der Waals surface area contributed by atoms with E-state index in [0.29, 0.717) is 37.5 Å². The molecule has 5 N–H and O–H groups in total. The summed E-state index contributed by atoms with van der Waals surface area (Å²) in [6, 6.07) is 0. The van der Waals surface area contributed by atoms with E-state index in [1.165, 1.54) is 5.57 Å². The average molecular weight is 619 g/mol. The van der Waals surface area contributed by atoms with E-state index in [9.17, 15) is 35.1 Å². The SMILES string of the molecule is CC1(C)[C@@H](O[C@@H]2OC[C@H](O)[C@H](O)[C@H]2O)CC[C@]2(C)[C@H]3CC=C4[C@@H]5C[C@](C)(C(=O)O)CC[C@]5(C(=O)O)CC[C@@]4(C)[C@]3(C)CC[C@@H]12. The van der Waals surface area contributed by atoms with Crippen LogP contribution in [0.2, 0.25) is 0 Å². The predicted octanol–water partition coefficient (Wildman–Crippen LogP) is 4.76. The van der Waals surface area contributed by atoms with Crippen LogP contribution in [-0.4, -0.2) is 74.8 Å². The van der Waals surface area contributed by atoms with Crippen molar-refractivity contribution in [1.82, 2.24) is 0 Å². The normalized spacial score (nSPS) is 53.2. The Hall–Kier alpha value is -1.52. The number of rotatable bonds is 4. The van der Waals surface area contributed by atoms with Crippen LogP contribution in [0.1, 0.15) is 106 Å². The molecule has 0 amide bonds. The Morgan fingerprint density at radius 3 is 2.18 bits per heavy atom. The molecule has 248 valence electrons. The maximum Gasteiger partial charge on any atom is 0.310 e. The van der Waals surface area contributed by atoms with Gasteiger partial charge in [-0.15, -0.1) is 0 Å². The molecule has 5 aliphatic carbocycles. The van der Waals surface area contributed by atoms with Crippen molar-refractivity contribution < 1.29 is 44.6 Å². The van der Waals surface area contributed by atoms with Crippen molar-refractivity contribution in [2.24, 2.45) is 50.2 Å². The maximum absolute atomic E-state index is 12.9. The molecular formula is C35H54O9. The number of fused-ring (bicyclic) bond motifs is 7. The first-order valence-electron chi connectivity index (χ1n) is 16.9. The summed E-state index contributed by atoms with van der Waals surface area (Å²) in [6.45, 7) is 13.5. The van der Waals surface area contributed by atoms with Gasteiger partial charge >= 0.3 is 11.9 Å². The van der Waals surface area contributed by atoms with Gasteiger partial charge in [-0.3, -0.25) is 9.59 Å². The van der Waals surface area contributed by atoms with Gasteiger partial charge in [0.15, 0.2) is 6.29 Å². The van der Waals surface area contributed by atoms with E-state index in [2.05, 4.69) is 40.7 Å². The Balaban J connectivity index is 1.31. The number of carbonyl (C=O) groups is 2. The molecule has 0 radical (unpaired) electrons. The second-order valence-corrected chi connectivity index (χ2v) is 17.1. The van der Waals surface area contributed by atoms with Gasteiger partial charge < -0.3 is 35.0 Å². The van der Waals surface area contributed by atoms with Crippen LogP contribution in [0.15, 0.2) is 11.6 Å². The third-order valence-electron chi connectivity index (χ3n) is 15.0. The monoisotopic (exact) mass is 618 g/mol. The summed E-state index contributed by atoms with van der Waals surface area (Å²) >= 11 is 0. The highest BCUT2D eigenvalue weighted by atomic mass is 16.7.